The third-order valence-corrected chi connectivity index (χ3v) is 6.70. The van der Waals surface area contributed by atoms with E-state index in [1.165, 1.54) is 17.7 Å². The van der Waals surface area contributed by atoms with Gasteiger partial charge < -0.3 is 9.09 Å². The van der Waals surface area contributed by atoms with E-state index >= 15 is 0 Å². The monoisotopic (exact) mass is 459 g/mol. The number of benzene rings is 2. The highest BCUT2D eigenvalue weighted by Crippen LogP contribution is 2.29. The number of hydrogen-bond acceptors (Lipinski definition) is 5. The molecule has 1 unspecified atom stereocenters. The molecule has 0 N–H and O–H groups in total. The van der Waals surface area contributed by atoms with E-state index in [-0.39, 0.29) is 17.9 Å². The van der Waals surface area contributed by atoms with Gasteiger partial charge in [-0.15, -0.1) is 0 Å². The molecule has 3 heterocycles. The first-order valence-corrected chi connectivity index (χ1v) is 11.8. The van der Waals surface area contributed by atoms with Crippen molar-refractivity contribution >= 4 is 0 Å². The van der Waals surface area contributed by atoms with Crippen LogP contribution in [0.5, 0.6) is 0 Å². The van der Waals surface area contributed by atoms with Gasteiger partial charge in [0, 0.05) is 51.0 Å². The Labute approximate surface area is 199 Å². The van der Waals surface area contributed by atoms with Crippen LogP contribution in [0.2, 0.25) is 0 Å². The first kappa shape index (κ1) is 22.5. The maximum absolute atomic E-state index is 13.4. The Morgan fingerprint density at radius 2 is 1.85 bits per heavy atom. The summed E-state index contributed by atoms with van der Waals surface area (Å²) in [6.45, 7) is 8.44. The fourth-order valence-electron chi connectivity index (χ4n) is 4.84. The lowest BCUT2D eigenvalue weighted by Gasteiger charge is -2.41. The molecule has 1 aliphatic rings. The number of nitrogens with zero attached hydrogens (tertiary/aromatic N) is 5. The molecular formula is C27H30FN5O. The molecule has 0 amide bonds. The minimum Gasteiger partial charge on any atom is -0.361 e. The van der Waals surface area contributed by atoms with Gasteiger partial charge in [-0.1, -0.05) is 47.6 Å². The molecule has 2 aromatic heterocycles. The molecule has 34 heavy (non-hydrogen) atoms. The summed E-state index contributed by atoms with van der Waals surface area (Å²) in [5.74, 6) is 0.626. The van der Waals surface area contributed by atoms with E-state index in [0.717, 1.165) is 55.4 Å². The van der Waals surface area contributed by atoms with Crippen LogP contribution in [0.4, 0.5) is 4.39 Å². The predicted octanol–water partition coefficient (Wildman–Crippen LogP) is 4.99. The summed E-state index contributed by atoms with van der Waals surface area (Å²) in [4.78, 5) is 9.42. The van der Waals surface area contributed by atoms with Gasteiger partial charge in [-0.3, -0.25) is 9.80 Å². The Balaban J connectivity index is 1.33. The van der Waals surface area contributed by atoms with Gasteiger partial charge in [0.25, 0.3) is 0 Å². The molecular weight excluding hydrogens is 429 g/mol. The van der Waals surface area contributed by atoms with E-state index in [4.69, 9.17) is 4.52 Å². The van der Waals surface area contributed by atoms with E-state index < -0.39 is 0 Å². The summed E-state index contributed by atoms with van der Waals surface area (Å²) in [6, 6.07) is 19.8. The Hall–Kier alpha value is -3.29. The van der Waals surface area contributed by atoms with Crippen molar-refractivity contribution in [3.63, 3.8) is 0 Å². The van der Waals surface area contributed by atoms with Crippen molar-refractivity contribution in [2.24, 2.45) is 0 Å². The first-order valence-electron chi connectivity index (χ1n) is 11.8. The van der Waals surface area contributed by atoms with Crippen molar-refractivity contribution in [1.29, 1.82) is 0 Å². The second kappa shape index (κ2) is 9.91. The summed E-state index contributed by atoms with van der Waals surface area (Å²) in [6.07, 6.45) is 3.82. The molecule has 0 saturated carbocycles. The van der Waals surface area contributed by atoms with Crippen LogP contribution in [0.1, 0.15) is 47.3 Å². The summed E-state index contributed by atoms with van der Waals surface area (Å²) in [5, 5.41) is 4.22. The lowest BCUT2D eigenvalue weighted by Crippen LogP contribution is -2.47. The van der Waals surface area contributed by atoms with E-state index in [2.05, 4.69) is 61.8 Å². The predicted molar refractivity (Wildman–Crippen MR) is 129 cm³/mol. The Bertz CT molecular complexity index is 1200. The van der Waals surface area contributed by atoms with Crippen LogP contribution in [0.15, 0.2) is 77.7 Å². The summed E-state index contributed by atoms with van der Waals surface area (Å²) < 4.78 is 20.9. The molecule has 1 saturated heterocycles. The third-order valence-electron chi connectivity index (χ3n) is 6.70. The van der Waals surface area contributed by atoms with Gasteiger partial charge in [-0.2, -0.15) is 0 Å². The van der Waals surface area contributed by atoms with E-state index in [9.17, 15) is 4.39 Å². The van der Waals surface area contributed by atoms with Crippen molar-refractivity contribution in [3.05, 3.63) is 107 Å². The van der Waals surface area contributed by atoms with Crippen LogP contribution in [-0.4, -0.2) is 44.1 Å². The lowest BCUT2D eigenvalue weighted by atomic mass is 10.0. The van der Waals surface area contributed by atoms with Crippen LogP contribution in [0.3, 0.4) is 0 Å². The van der Waals surface area contributed by atoms with Crippen LogP contribution in [0.25, 0.3) is 0 Å². The van der Waals surface area contributed by atoms with Gasteiger partial charge in [-0.05, 0) is 37.1 Å². The van der Waals surface area contributed by atoms with E-state index in [0.29, 0.717) is 0 Å². The van der Waals surface area contributed by atoms with Gasteiger partial charge in [0.2, 0.25) is 0 Å². The Morgan fingerprint density at radius 1 is 1.06 bits per heavy atom. The maximum Gasteiger partial charge on any atom is 0.133 e. The van der Waals surface area contributed by atoms with Gasteiger partial charge >= 0.3 is 0 Å². The van der Waals surface area contributed by atoms with Crippen LogP contribution in [-0.2, 0) is 13.1 Å². The largest absolute Gasteiger partial charge is 0.361 e. The fraction of sp³-hybridized carbons (Fsp3) is 0.333. The van der Waals surface area contributed by atoms with Gasteiger partial charge in [-0.25, -0.2) is 9.37 Å². The van der Waals surface area contributed by atoms with Crippen LogP contribution in [0, 0.1) is 12.7 Å². The standard InChI is InChI=1S/C27H30FN5O/c1-20-14-25(30-34-20)16-32-13-12-31(18-27(32)23-6-4-3-5-7-23)17-26-15-29-19-33(26)21(2)22-8-10-24(28)11-9-22/h3-11,14-15,19,21,27H,12-13,16-18H2,1-2H3/t21-,27?/m1/s1. The number of rotatable bonds is 7. The zero-order chi connectivity index (χ0) is 23.5. The molecule has 6 nitrogen and oxygen atoms in total. The van der Waals surface area contributed by atoms with Crippen molar-refractivity contribution in [3.8, 4) is 0 Å². The number of imidazole rings is 1. The molecule has 1 fully saturated rings. The number of aromatic nitrogens is 3. The highest BCUT2D eigenvalue weighted by Gasteiger charge is 2.29. The Kier molecular flexibility index (Phi) is 6.56. The average Bonchev–Trinajstić information content (AvgIpc) is 3.49. The van der Waals surface area contributed by atoms with Gasteiger partial charge in [0.1, 0.15) is 11.6 Å². The second-order valence-corrected chi connectivity index (χ2v) is 9.08. The van der Waals surface area contributed by atoms with E-state index in [1.807, 2.05) is 37.6 Å². The molecule has 5 rings (SSSR count). The van der Waals surface area contributed by atoms with Crippen LogP contribution >= 0.6 is 0 Å². The molecule has 0 aliphatic carbocycles. The van der Waals surface area contributed by atoms with Crippen LogP contribution < -0.4 is 0 Å². The quantitative estimate of drug-likeness (QED) is 0.390. The summed E-state index contributed by atoms with van der Waals surface area (Å²) in [7, 11) is 0. The van der Waals surface area contributed by atoms with Gasteiger partial charge in [0.05, 0.1) is 23.8 Å². The van der Waals surface area contributed by atoms with Crippen molar-refractivity contribution in [2.45, 2.75) is 39.0 Å². The molecule has 0 spiro atoms. The molecule has 4 aromatic rings. The smallest absolute Gasteiger partial charge is 0.133 e. The molecule has 2 atom stereocenters. The molecule has 176 valence electrons. The highest BCUT2D eigenvalue weighted by molar-refractivity contribution is 5.23. The number of hydrogen-bond donors (Lipinski definition) is 0. The van der Waals surface area contributed by atoms with Crippen molar-refractivity contribution in [2.75, 3.05) is 19.6 Å². The zero-order valence-corrected chi connectivity index (χ0v) is 19.6. The first-order chi connectivity index (χ1) is 16.6. The summed E-state index contributed by atoms with van der Waals surface area (Å²) >= 11 is 0. The summed E-state index contributed by atoms with van der Waals surface area (Å²) in [5.41, 5.74) is 4.50. The SMILES string of the molecule is Cc1cc(CN2CCN(Cc3cncn3[C@H](C)c3ccc(F)cc3)CC2c2ccccc2)no1. The highest BCUT2D eigenvalue weighted by atomic mass is 19.1. The topological polar surface area (TPSA) is 50.3 Å². The minimum absolute atomic E-state index is 0.0831. The molecule has 2 aromatic carbocycles. The lowest BCUT2D eigenvalue weighted by molar-refractivity contribution is 0.0605. The molecule has 0 bridgehead atoms. The zero-order valence-electron chi connectivity index (χ0n) is 19.6. The maximum atomic E-state index is 13.4. The number of halogens is 1. The normalized spacial score (nSPS) is 18.3. The number of aryl methyl sites for hydroxylation is 1. The molecule has 0 radical (unpaired) electrons. The Morgan fingerprint density at radius 3 is 2.59 bits per heavy atom. The average molecular weight is 460 g/mol. The minimum atomic E-state index is -0.215. The molecule has 7 heteroatoms. The fourth-order valence-corrected chi connectivity index (χ4v) is 4.84. The van der Waals surface area contributed by atoms with Crippen molar-refractivity contribution < 1.29 is 8.91 Å². The van der Waals surface area contributed by atoms with Crippen molar-refractivity contribution in [1.82, 2.24) is 24.5 Å². The molecule has 1 aliphatic heterocycles. The number of piperazine rings is 1. The van der Waals surface area contributed by atoms with E-state index in [1.54, 1.807) is 0 Å². The van der Waals surface area contributed by atoms with Gasteiger partial charge in [0.15, 0.2) is 0 Å². The second-order valence-electron chi connectivity index (χ2n) is 9.08. The third kappa shape index (κ3) is 4.95.